The predicted molar refractivity (Wildman–Crippen MR) is 55.0 cm³/mol. The lowest BCUT2D eigenvalue weighted by atomic mass is 10.1. The molecule has 0 bridgehead atoms. The molecule has 0 radical (unpaired) electrons. The largest absolute Gasteiger partial charge is 0.465 e. The van der Waals surface area contributed by atoms with Gasteiger partial charge >= 0.3 is 5.97 Å². The standard InChI is InChI=1S/C11H13NO3/c1-7-5-10(13)12(8-3-4-8)6-9(7)11(14)15-2/h5-6,8H,3-4H2,1-2H3. The summed E-state index contributed by atoms with van der Waals surface area (Å²) in [5, 5.41) is 0. The van der Waals surface area contributed by atoms with Crippen molar-refractivity contribution < 1.29 is 9.53 Å². The highest BCUT2D eigenvalue weighted by molar-refractivity contribution is 5.90. The predicted octanol–water partition coefficient (Wildman–Crippen LogP) is 1.28. The monoisotopic (exact) mass is 207 g/mol. The molecule has 1 aromatic heterocycles. The lowest BCUT2D eigenvalue weighted by molar-refractivity contribution is 0.0599. The number of methoxy groups -OCH3 is 1. The van der Waals surface area contributed by atoms with Crippen LogP contribution in [0.1, 0.15) is 34.8 Å². The number of carbonyl (C=O) groups excluding carboxylic acids is 1. The van der Waals surface area contributed by atoms with E-state index < -0.39 is 0 Å². The zero-order chi connectivity index (χ0) is 11.0. The molecule has 0 aliphatic heterocycles. The number of pyridine rings is 1. The first-order chi connectivity index (χ1) is 7.13. The van der Waals surface area contributed by atoms with Gasteiger partial charge in [-0.25, -0.2) is 4.79 Å². The molecule has 1 aromatic rings. The molecule has 1 aliphatic rings. The van der Waals surface area contributed by atoms with E-state index in [2.05, 4.69) is 4.74 Å². The van der Waals surface area contributed by atoms with Crippen molar-refractivity contribution in [2.45, 2.75) is 25.8 Å². The topological polar surface area (TPSA) is 48.3 Å². The van der Waals surface area contributed by atoms with Crippen LogP contribution >= 0.6 is 0 Å². The van der Waals surface area contributed by atoms with Gasteiger partial charge < -0.3 is 9.30 Å². The Morgan fingerprint density at radius 1 is 1.53 bits per heavy atom. The van der Waals surface area contributed by atoms with Crippen LogP contribution in [0.25, 0.3) is 0 Å². The van der Waals surface area contributed by atoms with Crippen LogP contribution in [0.4, 0.5) is 0 Å². The van der Waals surface area contributed by atoms with Gasteiger partial charge in [0.05, 0.1) is 12.7 Å². The van der Waals surface area contributed by atoms with E-state index in [9.17, 15) is 9.59 Å². The Balaban J connectivity index is 2.50. The molecule has 4 nitrogen and oxygen atoms in total. The zero-order valence-corrected chi connectivity index (χ0v) is 8.82. The summed E-state index contributed by atoms with van der Waals surface area (Å²) in [5.74, 6) is -0.387. The molecule has 0 aromatic carbocycles. The van der Waals surface area contributed by atoms with Gasteiger partial charge in [-0.1, -0.05) is 0 Å². The van der Waals surface area contributed by atoms with E-state index in [0.717, 1.165) is 12.8 Å². The highest BCUT2D eigenvalue weighted by Gasteiger charge is 2.25. The summed E-state index contributed by atoms with van der Waals surface area (Å²) in [4.78, 5) is 23.0. The van der Waals surface area contributed by atoms with Gasteiger partial charge in [-0.2, -0.15) is 0 Å². The second-order valence-corrected chi connectivity index (χ2v) is 3.84. The van der Waals surface area contributed by atoms with Crippen LogP contribution in [0.5, 0.6) is 0 Å². The third kappa shape index (κ3) is 1.79. The minimum Gasteiger partial charge on any atom is -0.465 e. The second-order valence-electron chi connectivity index (χ2n) is 3.84. The van der Waals surface area contributed by atoms with E-state index in [1.54, 1.807) is 17.7 Å². The minimum absolute atomic E-state index is 0.0392. The van der Waals surface area contributed by atoms with Crippen LogP contribution in [-0.4, -0.2) is 17.6 Å². The van der Waals surface area contributed by atoms with Gasteiger partial charge in [0.1, 0.15) is 0 Å². The number of nitrogens with zero attached hydrogens (tertiary/aromatic N) is 1. The Kier molecular flexibility index (Phi) is 2.34. The maximum absolute atomic E-state index is 11.6. The summed E-state index contributed by atoms with van der Waals surface area (Å²) in [6, 6.07) is 1.77. The first kappa shape index (κ1) is 9.96. The molecule has 0 N–H and O–H groups in total. The fourth-order valence-electron chi connectivity index (χ4n) is 1.60. The first-order valence-corrected chi connectivity index (χ1v) is 4.94. The fraction of sp³-hybridized carbons (Fsp3) is 0.455. The quantitative estimate of drug-likeness (QED) is 0.686. The molecular formula is C11H13NO3. The van der Waals surface area contributed by atoms with Crippen LogP contribution in [0, 0.1) is 6.92 Å². The number of hydrogen-bond donors (Lipinski definition) is 0. The van der Waals surface area contributed by atoms with E-state index in [-0.39, 0.29) is 17.6 Å². The van der Waals surface area contributed by atoms with E-state index in [0.29, 0.717) is 11.1 Å². The van der Waals surface area contributed by atoms with Crippen LogP contribution < -0.4 is 5.56 Å². The van der Waals surface area contributed by atoms with Crippen LogP contribution in [0.15, 0.2) is 17.1 Å². The van der Waals surface area contributed by atoms with Crippen molar-refractivity contribution in [1.29, 1.82) is 0 Å². The van der Waals surface area contributed by atoms with Crippen LogP contribution in [-0.2, 0) is 4.74 Å². The molecule has 1 fully saturated rings. The first-order valence-electron chi connectivity index (χ1n) is 4.94. The highest BCUT2D eigenvalue weighted by atomic mass is 16.5. The number of esters is 1. The summed E-state index contributed by atoms with van der Waals surface area (Å²) >= 11 is 0. The lowest BCUT2D eigenvalue weighted by Crippen LogP contribution is -2.21. The molecule has 4 heteroatoms. The summed E-state index contributed by atoms with van der Waals surface area (Å²) in [6.45, 7) is 1.74. The Morgan fingerprint density at radius 2 is 2.20 bits per heavy atom. The van der Waals surface area contributed by atoms with Crippen molar-refractivity contribution in [2.24, 2.45) is 0 Å². The van der Waals surface area contributed by atoms with Crippen molar-refractivity contribution in [2.75, 3.05) is 7.11 Å². The molecule has 15 heavy (non-hydrogen) atoms. The Bertz CT molecular complexity index is 457. The average Bonchev–Trinajstić information content (AvgIpc) is 3.00. The summed E-state index contributed by atoms with van der Waals surface area (Å²) in [7, 11) is 1.34. The summed E-state index contributed by atoms with van der Waals surface area (Å²) in [5.41, 5.74) is 1.11. The van der Waals surface area contributed by atoms with E-state index in [4.69, 9.17) is 0 Å². The maximum atomic E-state index is 11.6. The number of aryl methyl sites for hydroxylation is 1. The third-order valence-corrected chi connectivity index (χ3v) is 2.63. The summed E-state index contributed by atoms with van der Waals surface area (Å²) in [6.07, 6.45) is 3.65. The number of carbonyl (C=O) groups is 1. The smallest absolute Gasteiger partial charge is 0.339 e. The third-order valence-electron chi connectivity index (χ3n) is 2.63. The average molecular weight is 207 g/mol. The highest BCUT2D eigenvalue weighted by Crippen LogP contribution is 2.33. The molecule has 1 aliphatic carbocycles. The van der Waals surface area contributed by atoms with Crippen LogP contribution in [0.2, 0.25) is 0 Å². The van der Waals surface area contributed by atoms with Crippen molar-refractivity contribution in [3.8, 4) is 0 Å². The van der Waals surface area contributed by atoms with Gasteiger partial charge in [-0.05, 0) is 25.3 Å². The molecule has 0 spiro atoms. The van der Waals surface area contributed by atoms with Gasteiger partial charge in [0.2, 0.25) is 0 Å². The van der Waals surface area contributed by atoms with Crippen molar-refractivity contribution in [3.63, 3.8) is 0 Å². The van der Waals surface area contributed by atoms with Gasteiger partial charge in [0.15, 0.2) is 0 Å². The number of aromatic nitrogens is 1. The minimum atomic E-state index is -0.387. The molecule has 0 atom stereocenters. The molecule has 2 rings (SSSR count). The van der Waals surface area contributed by atoms with Gasteiger partial charge in [-0.3, -0.25) is 4.79 Å². The van der Waals surface area contributed by atoms with Crippen LogP contribution in [0.3, 0.4) is 0 Å². The summed E-state index contributed by atoms with van der Waals surface area (Å²) < 4.78 is 6.28. The van der Waals surface area contributed by atoms with E-state index in [1.807, 2.05) is 0 Å². The Labute approximate surface area is 87.5 Å². The number of ether oxygens (including phenoxy) is 1. The fourth-order valence-corrected chi connectivity index (χ4v) is 1.60. The number of hydrogen-bond acceptors (Lipinski definition) is 3. The Hall–Kier alpha value is -1.58. The molecular weight excluding hydrogens is 194 g/mol. The number of rotatable bonds is 2. The lowest BCUT2D eigenvalue weighted by Gasteiger charge is -2.08. The molecule has 80 valence electrons. The normalized spacial score (nSPS) is 15.1. The van der Waals surface area contributed by atoms with E-state index >= 15 is 0 Å². The molecule has 1 heterocycles. The van der Waals surface area contributed by atoms with Gasteiger partial charge in [0, 0.05) is 18.3 Å². The second kappa shape index (κ2) is 3.53. The SMILES string of the molecule is COC(=O)c1cn(C2CC2)c(=O)cc1C. The molecule has 1 saturated carbocycles. The molecule has 0 unspecified atom stereocenters. The van der Waals surface area contributed by atoms with Crippen molar-refractivity contribution in [1.82, 2.24) is 4.57 Å². The van der Waals surface area contributed by atoms with Crippen molar-refractivity contribution in [3.05, 3.63) is 33.7 Å². The van der Waals surface area contributed by atoms with Gasteiger partial charge in [-0.15, -0.1) is 0 Å². The van der Waals surface area contributed by atoms with Crippen molar-refractivity contribution >= 4 is 5.97 Å². The zero-order valence-electron chi connectivity index (χ0n) is 8.82. The Morgan fingerprint density at radius 3 is 2.73 bits per heavy atom. The molecule has 0 amide bonds. The maximum Gasteiger partial charge on any atom is 0.339 e. The van der Waals surface area contributed by atoms with E-state index in [1.165, 1.54) is 13.2 Å². The van der Waals surface area contributed by atoms with Gasteiger partial charge in [0.25, 0.3) is 5.56 Å². The molecule has 0 saturated heterocycles.